The normalized spacial score (nSPS) is 14.7. The Hall–Kier alpha value is -6.38. The topological polar surface area (TPSA) is 36.7 Å². The lowest BCUT2D eigenvalue weighted by Crippen LogP contribution is -2.21. The summed E-state index contributed by atoms with van der Waals surface area (Å²) in [5.41, 5.74) is 14.1. The molecule has 0 saturated heterocycles. The molecule has 0 saturated carbocycles. The van der Waals surface area contributed by atoms with Crippen LogP contribution in [0.15, 0.2) is 206 Å². The van der Waals surface area contributed by atoms with Crippen molar-refractivity contribution in [2.45, 2.75) is 51.4 Å². The Bertz CT molecular complexity index is 2380. The van der Waals surface area contributed by atoms with Gasteiger partial charge < -0.3 is 5.41 Å². The molecule has 1 aromatic heterocycles. The van der Waals surface area contributed by atoms with Crippen molar-refractivity contribution in [3.05, 3.63) is 234 Å². The van der Waals surface area contributed by atoms with Gasteiger partial charge in [-0.25, -0.2) is 0 Å². The second-order valence-corrected chi connectivity index (χ2v) is 15.0. The van der Waals surface area contributed by atoms with Crippen molar-refractivity contribution in [1.82, 2.24) is 4.98 Å². The van der Waals surface area contributed by atoms with Gasteiger partial charge in [0.05, 0.1) is 5.69 Å². The fourth-order valence-corrected chi connectivity index (χ4v) is 7.93. The average molecular weight is 741 g/mol. The molecule has 6 aromatic rings. The highest BCUT2D eigenvalue weighted by Crippen LogP contribution is 2.41. The van der Waals surface area contributed by atoms with E-state index in [-0.39, 0.29) is 11.8 Å². The number of nitrogens with one attached hydrogen (secondary N) is 1. The number of allylic oxidation sites excluding steroid dienone is 9. The van der Waals surface area contributed by atoms with E-state index in [1.165, 1.54) is 23.1 Å². The van der Waals surface area contributed by atoms with E-state index in [1.54, 1.807) is 0 Å². The van der Waals surface area contributed by atoms with Crippen LogP contribution in [0.25, 0.3) is 33.5 Å². The zero-order valence-electron chi connectivity index (χ0n) is 33.2. The molecule has 3 unspecified atom stereocenters. The van der Waals surface area contributed by atoms with Gasteiger partial charge in [-0.1, -0.05) is 190 Å². The summed E-state index contributed by atoms with van der Waals surface area (Å²) in [5.74, 6) is -0.00421. The van der Waals surface area contributed by atoms with Gasteiger partial charge in [0.25, 0.3) is 0 Å². The lowest BCUT2D eigenvalue weighted by Gasteiger charge is -2.28. The summed E-state index contributed by atoms with van der Waals surface area (Å²) in [4.78, 5) is 4.55. The molecule has 0 amide bonds. The van der Waals surface area contributed by atoms with Gasteiger partial charge in [0.15, 0.2) is 0 Å². The van der Waals surface area contributed by atoms with E-state index in [9.17, 15) is 5.41 Å². The molecule has 7 rings (SSSR count). The van der Waals surface area contributed by atoms with Gasteiger partial charge in [0.1, 0.15) is 0 Å². The lowest BCUT2D eigenvalue weighted by molar-refractivity contribution is 0.769. The van der Waals surface area contributed by atoms with E-state index in [0.29, 0.717) is 11.6 Å². The Labute approximate surface area is 339 Å². The minimum absolute atomic E-state index is 0.157. The van der Waals surface area contributed by atoms with E-state index < -0.39 is 0 Å². The predicted octanol–water partition coefficient (Wildman–Crippen LogP) is 14.7. The Kier molecular flexibility index (Phi) is 12.9. The number of pyridine rings is 1. The summed E-state index contributed by atoms with van der Waals surface area (Å²) in [6.45, 7) is 8.83. The molecule has 0 aliphatic heterocycles. The van der Waals surface area contributed by atoms with Crippen LogP contribution in [-0.4, -0.2) is 10.7 Å². The largest absolute Gasteiger partial charge is 0.304 e. The Balaban J connectivity index is 1.33. The van der Waals surface area contributed by atoms with Gasteiger partial charge in [-0.15, -0.1) is 0 Å². The van der Waals surface area contributed by atoms with Crippen LogP contribution in [0.2, 0.25) is 0 Å². The van der Waals surface area contributed by atoms with Crippen molar-refractivity contribution in [2.24, 2.45) is 5.92 Å². The molecule has 0 radical (unpaired) electrons. The first kappa shape index (κ1) is 38.9. The third-order valence-electron chi connectivity index (χ3n) is 11.1. The molecule has 0 bridgehead atoms. The number of unbranched alkanes of at least 4 members (excludes halogenated alkanes) is 1. The van der Waals surface area contributed by atoms with E-state index in [4.69, 9.17) is 0 Å². The van der Waals surface area contributed by atoms with Crippen LogP contribution in [-0.2, 0) is 0 Å². The van der Waals surface area contributed by atoms with Crippen molar-refractivity contribution in [3.63, 3.8) is 0 Å². The molecule has 3 atom stereocenters. The van der Waals surface area contributed by atoms with E-state index in [0.717, 1.165) is 69.5 Å². The summed E-state index contributed by atoms with van der Waals surface area (Å²) in [7, 11) is 0. The van der Waals surface area contributed by atoms with Crippen LogP contribution in [0.4, 0.5) is 0 Å². The van der Waals surface area contributed by atoms with Gasteiger partial charge >= 0.3 is 0 Å². The molecule has 0 spiro atoms. The van der Waals surface area contributed by atoms with Gasteiger partial charge in [-0.05, 0) is 106 Å². The average Bonchev–Trinajstić information content (AvgIpc) is 3.29. The Morgan fingerprint density at radius 3 is 1.98 bits per heavy atom. The summed E-state index contributed by atoms with van der Waals surface area (Å²) >= 11 is 0. The fourth-order valence-electron chi connectivity index (χ4n) is 7.93. The maximum atomic E-state index is 10.3. The van der Waals surface area contributed by atoms with Crippen LogP contribution in [0.3, 0.4) is 0 Å². The first-order valence-corrected chi connectivity index (χ1v) is 20.3. The first-order valence-electron chi connectivity index (χ1n) is 20.3. The summed E-state index contributed by atoms with van der Waals surface area (Å²) < 4.78 is 0. The lowest BCUT2D eigenvalue weighted by atomic mass is 9.75. The van der Waals surface area contributed by atoms with Crippen LogP contribution in [0, 0.1) is 11.3 Å². The predicted molar refractivity (Wildman–Crippen MR) is 243 cm³/mol. The Morgan fingerprint density at radius 2 is 1.35 bits per heavy atom. The van der Waals surface area contributed by atoms with E-state index in [2.05, 4.69) is 189 Å². The van der Waals surface area contributed by atoms with Crippen molar-refractivity contribution in [2.75, 3.05) is 0 Å². The van der Waals surface area contributed by atoms with E-state index in [1.807, 2.05) is 30.5 Å². The monoisotopic (exact) mass is 740 g/mol. The molecule has 282 valence electrons. The van der Waals surface area contributed by atoms with Crippen molar-refractivity contribution < 1.29 is 0 Å². The Morgan fingerprint density at radius 1 is 0.684 bits per heavy atom. The van der Waals surface area contributed by atoms with Gasteiger partial charge in [0, 0.05) is 29.3 Å². The maximum Gasteiger partial charge on any atom is 0.0701 e. The minimum atomic E-state index is -0.280. The fraction of sp³-hybridized carbons (Fsp3) is 0.164. The highest BCUT2D eigenvalue weighted by Gasteiger charge is 2.29. The summed E-state index contributed by atoms with van der Waals surface area (Å²) in [6, 6.07) is 53.2. The van der Waals surface area contributed by atoms with Crippen LogP contribution < -0.4 is 0 Å². The highest BCUT2D eigenvalue weighted by molar-refractivity contribution is 6.05. The second kappa shape index (κ2) is 19.0. The quantitative estimate of drug-likeness (QED) is 0.0635. The molecular weight excluding hydrogens is 689 g/mol. The third-order valence-corrected chi connectivity index (χ3v) is 11.1. The zero-order valence-corrected chi connectivity index (χ0v) is 33.2. The molecule has 57 heavy (non-hydrogen) atoms. The summed E-state index contributed by atoms with van der Waals surface area (Å²) in [5, 5.41) is 10.3. The number of rotatable bonds is 15. The molecule has 2 heteroatoms. The van der Waals surface area contributed by atoms with Gasteiger partial charge in [0.2, 0.25) is 0 Å². The number of hydrogen-bond acceptors (Lipinski definition) is 2. The van der Waals surface area contributed by atoms with Crippen LogP contribution in [0.5, 0.6) is 0 Å². The molecule has 1 N–H and O–H groups in total. The van der Waals surface area contributed by atoms with Gasteiger partial charge in [-0.3, -0.25) is 4.98 Å². The standard InChI is InChI=1S/C55H52N2/c1-4-6-10-19-40(3)42-27-29-45(30-28-42)50-36-49(43-20-11-7-12-21-43)37-51(38-50)55(56)54(48-24-15-9-16-25-48)52(46-22-13-8-14-23-46)39-41(5-2)44-31-33-47(34-32-44)53-26-17-18-35-57-53/h5,7-27,29,31-40,52,54,56H,2,4,6,28,30H2,1,3H3/b19-10-,41-39+,56-55?. The second-order valence-electron chi connectivity index (χ2n) is 15.0. The first-order chi connectivity index (χ1) is 28.0. The van der Waals surface area contributed by atoms with Crippen molar-refractivity contribution in [3.8, 4) is 22.4 Å². The molecule has 1 heterocycles. The number of benzene rings is 5. The third kappa shape index (κ3) is 9.54. The molecule has 5 aromatic carbocycles. The molecular formula is C55H52N2. The molecule has 0 fully saturated rings. The van der Waals surface area contributed by atoms with Crippen LogP contribution >= 0.6 is 0 Å². The highest BCUT2D eigenvalue weighted by atomic mass is 14.7. The van der Waals surface area contributed by atoms with Gasteiger partial charge in [-0.2, -0.15) is 0 Å². The van der Waals surface area contributed by atoms with E-state index >= 15 is 0 Å². The number of nitrogens with zero attached hydrogens (tertiary/aromatic N) is 1. The number of hydrogen-bond donors (Lipinski definition) is 1. The maximum absolute atomic E-state index is 10.3. The molecule has 1 aliphatic rings. The minimum Gasteiger partial charge on any atom is -0.304 e. The number of aromatic nitrogens is 1. The smallest absolute Gasteiger partial charge is 0.0701 e. The SMILES string of the molecule is C=C/C(=C\C(c1ccccc1)C(C(=N)c1cc(C2=CC=C(C(C)/C=C\CCC)CC2)cc(-c2ccccc2)c1)c1ccccc1)c1ccc(-c2ccccn2)cc1. The zero-order chi connectivity index (χ0) is 39.4. The van der Waals surface area contributed by atoms with Crippen molar-refractivity contribution in [1.29, 1.82) is 5.41 Å². The summed E-state index contributed by atoms with van der Waals surface area (Å²) in [6.07, 6.45) is 19.7. The van der Waals surface area contributed by atoms with Crippen LogP contribution in [0.1, 0.15) is 79.2 Å². The molecule has 2 nitrogen and oxygen atoms in total. The molecule has 1 aliphatic carbocycles. The van der Waals surface area contributed by atoms with Crippen molar-refractivity contribution >= 4 is 16.9 Å².